The van der Waals surface area contributed by atoms with Gasteiger partial charge in [0.15, 0.2) is 5.78 Å². The number of methoxy groups -OCH3 is 1. The number of ketones is 1. The van der Waals surface area contributed by atoms with E-state index in [2.05, 4.69) is 9.46 Å². The van der Waals surface area contributed by atoms with Crippen molar-refractivity contribution in [3.8, 4) is 0 Å². The van der Waals surface area contributed by atoms with Crippen LogP contribution in [-0.4, -0.2) is 32.5 Å². The number of nitrogens with one attached hydrogen (secondary N) is 1. The van der Waals surface area contributed by atoms with Gasteiger partial charge >= 0.3 is 5.97 Å². The number of benzene rings is 1. The summed E-state index contributed by atoms with van der Waals surface area (Å²) in [4.78, 5) is 23.0. The smallest absolute Gasteiger partial charge is 0.337 e. The minimum Gasteiger partial charge on any atom is -0.465 e. The molecule has 0 saturated carbocycles. The first-order valence-electron chi connectivity index (χ1n) is 5.93. The maximum Gasteiger partial charge on any atom is 0.337 e. The van der Waals surface area contributed by atoms with Gasteiger partial charge < -0.3 is 4.74 Å². The Morgan fingerprint density at radius 3 is 2.15 bits per heavy atom. The molecular formula is C13H17NO5S. The first-order chi connectivity index (χ1) is 9.17. The monoisotopic (exact) mass is 299 g/mol. The lowest BCUT2D eigenvalue weighted by Gasteiger charge is -2.12. The van der Waals surface area contributed by atoms with Gasteiger partial charge in [-0.1, -0.05) is 0 Å². The summed E-state index contributed by atoms with van der Waals surface area (Å²) in [5.41, 5.74) is 0.503. The largest absolute Gasteiger partial charge is 0.465 e. The van der Waals surface area contributed by atoms with Crippen LogP contribution in [-0.2, 0) is 14.8 Å². The molecule has 6 nitrogen and oxygen atoms in total. The molecule has 0 spiro atoms. The van der Waals surface area contributed by atoms with E-state index in [1.807, 2.05) is 0 Å². The van der Waals surface area contributed by atoms with Gasteiger partial charge in [-0.3, -0.25) is 9.52 Å². The summed E-state index contributed by atoms with van der Waals surface area (Å²) in [7, 11) is -2.35. The summed E-state index contributed by atoms with van der Waals surface area (Å²) in [5.74, 6) is -0.918. The fraction of sp³-hybridized carbons (Fsp3) is 0.385. The van der Waals surface area contributed by atoms with E-state index in [0.29, 0.717) is 0 Å². The van der Waals surface area contributed by atoms with Gasteiger partial charge in [0, 0.05) is 5.56 Å². The van der Waals surface area contributed by atoms with Crippen molar-refractivity contribution in [1.29, 1.82) is 0 Å². The third kappa shape index (κ3) is 3.80. The highest BCUT2D eigenvalue weighted by Gasteiger charge is 2.18. The van der Waals surface area contributed by atoms with E-state index < -0.39 is 21.2 Å². The number of Topliss-reactive ketones (excluding diaryl/α,β-unsaturated/α-hetero) is 1. The topological polar surface area (TPSA) is 89.5 Å². The van der Waals surface area contributed by atoms with E-state index in [0.717, 1.165) is 0 Å². The normalized spacial score (nSPS) is 11.2. The summed E-state index contributed by atoms with van der Waals surface area (Å²) in [5, 5.41) is -0.634. The highest BCUT2D eigenvalue weighted by atomic mass is 32.2. The molecule has 0 amide bonds. The predicted molar refractivity (Wildman–Crippen MR) is 75.5 cm³/mol. The van der Waals surface area contributed by atoms with Gasteiger partial charge in [0.1, 0.15) is 0 Å². The molecule has 0 fully saturated rings. The van der Waals surface area contributed by atoms with Crippen LogP contribution in [0.4, 0.5) is 5.69 Å². The van der Waals surface area contributed by atoms with Crippen molar-refractivity contribution >= 4 is 27.5 Å². The second kappa shape index (κ2) is 6.04. The first-order valence-corrected chi connectivity index (χ1v) is 7.48. The first kappa shape index (κ1) is 16.2. The molecule has 0 radical (unpaired) electrons. The zero-order valence-corrected chi connectivity index (χ0v) is 12.6. The third-order valence-electron chi connectivity index (χ3n) is 2.64. The van der Waals surface area contributed by atoms with Crippen LogP contribution in [0.2, 0.25) is 0 Å². The molecule has 1 aromatic rings. The molecule has 1 N–H and O–H groups in total. The molecule has 0 heterocycles. The van der Waals surface area contributed by atoms with Crippen LogP contribution in [0.5, 0.6) is 0 Å². The number of hydrogen-bond donors (Lipinski definition) is 1. The Balaban J connectivity index is 3.30. The molecule has 0 aromatic heterocycles. The Bertz CT molecular complexity index is 634. The highest BCUT2D eigenvalue weighted by Crippen LogP contribution is 2.19. The number of esters is 1. The lowest BCUT2D eigenvalue weighted by atomic mass is 10.1. The Morgan fingerprint density at radius 2 is 1.70 bits per heavy atom. The van der Waals surface area contributed by atoms with Crippen LogP contribution in [0.15, 0.2) is 18.2 Å². The molecule has 7 heteroatoms. The fourth-order valence-electron chi connectivity index (χ4n) is 1.41. The van der Waals surface area contributed by atoms with Crippen LogP contribution >= 0.6 is 0 Å². The van der Waals surface area contributed by atoms with E-state index in [9.17, 15) is 18.0 Å². The van der Waals surface area contributed by atoms with E-state index in [-0.39, 0.29) is 22.6 Å². The lowest BCUT2D eigenvalue weighted by Crippen LogP contribution is -2.22. The minimum absolute atomic E-state index is 0.113. The molecule has 0 bridgehead atoms. The van der Waals surface area contributed by atoms with Gasteiger partial charge in [-0.15, -0.1) is 0 Å². The predicted octanol–water partition coefficient (Wildman–Crippen LogP) is 1.83. The summed E-state index contributed by atoms with van der Waals surface area (Å²) >= 11 is 0. The fourth-order valence-corrected chi connectivity index (χ4v) is 2.09. The Morgan fingerprint density at radius 1 is 1.15 bits per heavy atom. The third-order valence-corrected chi connectivity index (χ3v) is 4.40. The van der Waals surface area contributed by atoms with Crippen molar-refractivity contribution in [2.24, 2.45) is 0 Å². The molecule has 110 valence electrons. The number of anilines is 1. The minimum atomic E-state index is -3.56. The highest BCUT2D eigenvalue weighted by molar-refractivity contribution is 7.93. The summed E-state index contributed by atoms with van der Waals surface area (Å²) in [6.45, 7) is 4.38. The lowest BCUT2D eigenvalue weighted by molar-refractivity contribution is 0.0600. The molecule has 0 saturated heterocycles. The quantitative estimate of drug-likeness (QED) is 0.661. The van der Waals surface area contributed by atoms with Gasteiger partial charge in [-0.2, -0.15) is 0 Å². The van der Waals surface area contributed by atoms with E-state index in [1.165, 1.54) is 46.1 Å². The number of ether oxygens (including phenoxy) is 1. The molecule has 0 unspecified atom stereocenters. The van der Waals surface area contributed by atoms with Crippen molar-refractivity contribution in [3.05, 3.63) is 29.3 Å². The van der Waals surface area contributed by atoms with Gasteiger partial charge in [0.05, 0.1) is 23.6 Å². The van der Waals surface area contributed by atoms with Crippen molar-refractivity contribution in [1.82, 2.24) is 0 Å². The molecular weight excluding hydrogens is 282 g/mol. The molecule has 0 atom stereocenters. The van der Waals surface area contributed by atoms with Crippen LogP contribution in [0, 0.1) is 0 Å². The van der Waals surface area contributed by atoms with E-state index in [1.54, 1.807) is 0 Å². The zero-order valence-electron chi connectivity index (χ0n) is 11.8. The number of rotatable bonds is 5. The van der Waals surface area contributed by atoms with Crippen LogP contribution in [0.1, 0.15) is 41.5 Å². The van der Waals surface area contributed by atoms with Gasteiger partial charge in [0.2, 0.25) is 10.0 Å². The van der Waals surface area contributed by atoms with Crippen molar-refractivity contribution in [2.75, 3.05) is 11.8 Å². The van der Waals surface area contributed by atoms with Crippen molar-refractivity contribution < 1.29 is 22.7 Å². The standard InChI is InChI=1S/C13H17NO5S/c1-8(2)20(17,18)14-12-6-10(9(3)15)5-11(7-12)13(16)19-4/h5-8,14H,1-4H3. The van der Waals surface area contributed by atoms with Crippen molar-refractivity contribution in [2.45, 2.75) is 26.0 Å². The SMILES string of the molecule is COC(=O)c1cc(NS(=O)(=O)C(C)C)cc(C(C)=O)c1. The molecule has 0 aliphatic carbocycles. The van der Waals surface area contributed by atoms with Gasteiger partial charge in [-0.05, 0) is 39.0 Å². The van der Waals surface area contributed by atoms with Crippen LogP contribution in [0.3, 0.4) is 0 Å². The molecule has 0 aliphatic rings. The molecule has 20 heavy (non-hydrogen) atoms. The molecule has 0 aliphatic heterocycles. The Labute approximate surface area is 118 Å². The summed E-state index contributed by atoms with van der Waals surface area (Å²) in [6, 6.07) is 4.08. The van der Waals surface area contributed by atoms with Gasteiger partial charge in [0.25, 0.3) is 0 Å². The van der Waals surface area contributed by atoms with E-state index >= 15 is 0 Å². The number of sulfonamides is 1. The van der Waals surface area contributed by atoms with Crippen molar-refractivity contribution in [3.63, 3.8) is 0 Å². The molecule has 1 rings (SSSR count). The molecule has 1 aromatic carbocycles. The Hall–Kier alpha value is -1.89. The van der Waals surface area contributed by atoms with Crippen LogP contribution < -0.4 is 4.72 Å². The van der Waals surface area contributed by atoms with E-state index in [4.69, 9.17) is 0 Å². The van der Waals surface area contributed by atoms with Gasteiger partial charge in [-0.25, -0.2) is 13.2 Å². The number of hydrogen-bond acceptors (Lipinski definition) is 5. The summed E-state index contributed by atoms with van der Waals surface area (Å²) in [6.07, 6.45) is 0. The number of carbonyl (C=O) groups is 2. The maximum atomic E-state index is 11.8. The summed E-state index contributed by atoms with van der Waals surface area (Å²) < 4.78 is 30.6. The van der Waals surface area contributed by atoms with Crippen LogP contribution in [0.25, 0.3) is 0 Å². The second-order valence-electron chi connectivity index (χ2n) is 4.54. The average Bonchev–Trinajstić information content (AvgIpc) is 2.36. The Kier molecular flexibility index (Phi) is 4.88. The average molecular weight is 299 g/mol. The zero-order chi connectivity index (χ0) is 15.5. The second-order valence-corrected chi connectivity index (χ2v) is 6.78. The number of carbonyl (C=O) groups excluding carboxylic acids is 2. The maximum absolute atomic E-state index is 11.8.